The number of rotatable bonds is 4. The van der Waals surface area contributed by atoms with Crippen LogP contribution in [0.3, 0.4) is 0 Å². The van der Waals surface area contributed by atoms with Crippen molar-refractivity contribution in [3.05, 3.63) is 69.2 Å². The Hall–Kier alpha value is -2.97. The quantitative estimate of drug-likeness (QED) is 0.431. The standard InChI is InChI=1S/C20H18ClN3O5/c1-11(2)22-19(25)16-17(12-3-7-15(8-4-12)24(27)28)23(29-18(16)20(22)26)14-9-5-13(21)6-10-14/h3-11,16-18H,1-2H3. The number of hydrogen-bond acceptors (Lipinski definition) is 6. The van der Waals surface area contributed by atoms with Crippen LogP contribution in [-0.2, 0) is 14.4 Å². The molecule has 0 saturated carbocycles. The van der Waals surface area contributed by atoms with Gasteiger partial charge in [-0.1, -0.05) is 23.7 Å². The summed E-state index contributed by atoms with van der Waals surface area (Å²) in [6, 6.07) is 11.9. The molecule has 2 fully saturated rings. The van der Waals surface area contributed by atoms with E-state index in [1.54, 1.807) is 50.2 Å². The molecule has 2 aromatic carbocycles. The van der Waals surface area contributed by atoms with Crippen molar-refractivity contribution < 1.29 is 19.3 Å². The van der Waals surface area contributed by atoms with Crippen LogP contribution in [0.25, 0.3) is 0 Å². The maximum absolute atomic E-state index is 13.1. The molecule has 2 amide bonds. The number of nitrogens with zero attached hydrogens (tertiary/aromatic N) is 3. The predicted molar refractivity (Wildman–Crippen MR) is 105 cm³/mol. The lowest BCUT2D eigenvalue weighted by atomic mass is 9.90. The molecule has 2 saturated heterocycles. The third kappa shape index (κ3) is 3.14. The Kier molecular flexibility index (Phi) is 4.76. The molecule has 0 N–H and O–H groups in total. The molecule has 2 heterocycles. The first kappa shape index (κ1) is 19.4. The van der Waals surface area contributed by atoms with Crippen molar-refractivity contribution in [1.82, 2.24) is 4.90 Å². The van der Waals surface area contributed by atoms with E-state index < -0.39 is 23.0 Å². The number of nitro groups is 1. The summed E-state index contributed by atoms with van der Waals surface area (Å²) in [6.45, 7) is 3.55. The fourth-order valence-corrected chi connectivity index (χ4v) is 4.01. The highest BCUT2D eigenvalue weighted by Crippen LogP contribution is 2.47. The van der Waals surface area contributed by atoms with Gasteiger partial charge < -0.3 is 0 Å². The number of non-ortho nitro benzene ring substituents is 1. The fraction of sp³-hybridized carbons (Fsp3) is 0.300. The van der Waals surface area contributed by atoms with Gasteiger partial charge in [-0.3, -0.25) is 29.4 Å². The smallest absolute Gasteiger partial charge is 0.269 e. The highest BCUT2D eigenvalue weighted by Gasteiger charge is 2.60. The van der Waals surface area contributed by atoms with Crippen LogP contribution in [0.15, 0.2) is 48.5 Å². The summed E-state index contributed by atoms with van der Waals surface area (Å²) in [7, 11) is 0. The van der Waals surface area contributed by atoms with E-state index in [0.717, 1.165) is 0 Å². The Labute approximate surface area is 171 Å². The molecule has 0 bridgehead atoms. The number of amides is 2. The third-order valence-electron chi connectivity index (χ3n) is 5.19. The van der Waals surface area contributed by atoms with Gasteiger partial charge in [-0.25, -0.2) is 5.06 Å². The molecule has 2 aliphatic heterocycles. The van der Waals surface area contributed by atoms with Gasteiger partial charge in [0.25, 0.3) is 11.6 Å². The Bertz CT molecular complexity index is 977. The van der Waals surface area contributed by atoms with Crippen LogP contribution < -0.4 is 5.06 Å². The normalized spacial score (nSPS) is 23.8. The minimum Gasteiger partial charge on any atom is -0.277 e. The molecule has 0 aliphatic carbocycles. The number of likely N-dealkylation sites (tertiary alicyclic amines) is 1. The predicted octanol–water partition coefficient (Wildman–Crippen LogP) is 3.50. The summed E-state index contributed by atoms with van der Waals surface area (Å²) >= 11 is 5.98. The number of benzene rings is 2. The van der Waals surface area contributed by atoms with E-state index in [2.05, 4.69) is 0 Å². The first-order valence-corrected chi connectivity index (χ1v) is 9.50. The minimum absolute atomic E-state index is 0.0557. The van der Waals surface area contributed by atoms with Gasteiger partial charge in [0.05, 0.1) is 16.7 Å². The monoisotopic (exact) mass is 415 g/mol. The van der Waals surface area contributed by atoms with Crippen LogP contribution in [0.4, 0.5) is 11.4 Å². The zero-order chi connectivity index (χ0) is 20.9. The molecule has 2 aliphatic rings. The van der Waals surface area contributed by atoms with Crippen molar-refractivity contribution in [2.24, 2.45) is 5.92 Å². The van der Waals surface area contributed by atoms with E-state index in [4.69, 9.17) is 16.4 Å². The van der Waals surface area contributed by atoms with Crippen molar-refractivity contribution in [3.63, 3.8) is 0 Å². The second-order valence-electron chi connectivity index (χ2n) is 7.29. The van der Waals surface area contributed by atoms with Crippen molar-refractivity contribution in [3.8, 4) is 0 Å². The number of carbonyl (C=O) groups excluding carboxylic acids is 2. The van der Waals surface area contributed by atoms with Crippen LogP contribution in [-0.4, -0.2) is 33.8 Å². The largest absolute Gasteiger partial charge is 0.277 e. The first-order valence-electron chi connectivity index (χ1n) is 9.12. The number of carbonyl (C=O) groups is 2. The zero-order valence-electron chi connectivity index (χ0n) is 15.7. The molecule has 0 aromatic heterocycles. The molecule has 29 heavy (non-hydrogen) atoms. The lowest BCUT2D eigenvalue weighted by Gasteiger charge is -2.29. The van der Waals surface area contributed by atoms with Crippen molar-refractivity contribution in [2.75, 3.05) is 5.06 Å². The Morgan fingerprint density at radius 2 is 1.66 bits per heavy atom. The van der Waals surface area contributed by atoms with Crippen LogP contribution in [0.5, 0.6) is 0 Å². The molecule has 9 heteroatoms. The second-order valence-corrected chi connectivity index (χ2v) is 7.72. The number of halogens is 1. The second kappa shape index (κ2) is 7.13. The van der Waals surface area contributed by atoms with Crippen molar-refractivity contribution in [2.45, 2.75) is 32.0 Å². The lowest BCUT2D eigenvalue weighted by molar-refractivity contribution is -0.384. The van der Waals surface area contributed by atoms with Gasteiger partial charge in [0.1, 0.15) is 5.92 Å². The van der Waals surface area contributed by atoms with Gasteiger partial charge in [-0.2, -0.15) is 0 Å². The van der Waals surface area contributed by atoms with Gasteiger partial charge in [-0.05, 0) is 43.7 Å². The topological polar surface area (TPSA) is 93.0 Å². The van der Waals surface area contributed by atoms with E-state index in [1.807, 2.05) is 0 Å². The maximum Gasteiger partial charge on any atom is 0.269 e. The molecule has 2 aromatic rings. The van der Waals surface area contributed by atoms with E-state index in [-0.39, 0.29) is 23.5 Å². The lowest BCUT2D eigenvalue weighted by Crippen LogP contribution is -2.41. The minimum atomic E-state index is -0.944. The average Bonchev–Trinajstić information content (AvgIpc) is 3.19. The van der Waals surface area contributed by atoms with E-state index in [1.165, 1.54) is 22.1 Å². The van der Waals surface area contributed by atoms with E-state index in [0.29, 0.717) is 16.3 Å². The number of hydroxylamine groups is 1. The molecule has 0 spiro atoms. The van der Waals surface area contributed by atoms with E-state index >= 15 is 0 Å². The van der Waals surface area contributed by atoms with E-state index in [9.17, 15) is 19.7 Å². The molecule has 150 valence electrons. The molecular formula is C20H18ClN3O5. The van der Waals surface area contributed by atoms with Gasteiger partial charge in [-0.15, -0.1) is 0 Å². The molecule has 3 unspecified atom stereocenters. The number of fused-ring (bicyclic) bond motifs is 1. The molecule has 8 nitrogen and oxygen atoms in total. The number of imide groups is 1. The number of anilines is 1. The molecule has 3 atom stereocenters. The van der Waals surface area contributed by atoms with Crippen molar-refractivity contribution in [1.29, 1.82) is 0 Å². The summed E-state index contributed by atoms with van der Waals surface area (Å²) < 4.78 is 0. The highest BCUT2D eigenvalue weighted by molar-refractivity contribution is 6.30. The highest BCUT2D eigenvalue weighted by atomic mass is 35.5. The summed E-state index contributed by atoms with van der Waals surface area (Å²) in [6.07, 6.45) is -0.944. The van der Waals surface area contributed by atoms with Gasteiger partial charge in [0, 0.05) is 23.2 Å². The first-order chi connectivity index (χ1) is 13.8. The Morgan fingerprint density at radius 1 is 1.03 bits per heavy atom. The third-order valence-corrected chi connectivity index (χ3v) is 5.44. The van der Waals surface area contributed by atoms with Crippen LogP contribution in [0.2, 0.25) is 5.02 Å². The average molecular weight is 416 g/mol. The molecule has 0 radical (unpaired) electrons. The van der Waals surface area contributed by atoms with Gasteiger partial charge in [0.15, 0.2) is 6.10 Å². The molecule has 4 rings (SSSR count). The van der Waals surface area contributed by atoms with Crippen LogP contribution in [0.1, 0.15) is 25.5 Å². The summed E-state index contributed by atoms with van der Waals surface area (Å²) in [5, 5.41) is 13.1. The number of hydrogen-bond donors (Lipinski definition) is 0. The summed E-state index contributed by atoms with van der Waals surface area (Å²) in [4.78, 5) is 43.6. The fourth-order valence-electron chi connectivity index (χ4n) is 3.89. The Balaban J connectivity index is 1.79. The van der Waals surface area contributed by atoms with Gasteiger partial charge in [0.2, 0.25) is 5.91 Å². The maximum atomic E-state index is 13.1. The SMILES string of the molecule is CC(C)N1C(=O)C2ON(c3ccc(Cl)cc3)C(c3ccc([N+](=O)[O-])cc3)C2C1=O. The van der Waals surface area contributed by atoms with Crippen LogP contribution in [0, 0.1) is 16.0 Å². The summed E-state index contributed by atoms with van der Waals surface area (Å²) in [5.74, 6) is -1.43. The van der Waals surface area contributed by atoms with Gasteiger partial charge >= 0.3 is 0 Å². The van der Waals surface area contributed by atoms with Crippen molar-refractivity contribution >= 4 is 34.8 Å². The summed E-state index contributed by atoms with van der Waals surface area (Å²) in [5.41, 5.74) is 1.22. The van der Waals surface area contributed by atoms with Crippen LogP contribution >= 0.6 is 11.6 Å². The molecular weight excluding hydrogens is 398 g/mol. The number of nitro benzene ring substituents is 1. The zero-order valence-corrected chi connectivity index (χ0v) is 16.4. The Morgan fingerprint density at radius 3 is 2.21 bits per heavy atom.